The highest BCUT2D eigenvalue weighted by molar-refractivity contribution is 5.71. The molecule has 0 radical (unpaired) electrons. The molecule has 18 heavy (non-hydrogen) atoms. The van der Waals surface area contributed by atoms with Gasteiger partial charge >= 0.3 is 0 Å². The summed E-state index contributed by atoms with van der Waals surface area (Å²) in [4.78, 5) is 15.2. The van der Waals surface area contributed by atoms with Gasteiger partial charge in [0.2, 0.25) is 0 Å². The van der Waals surface area contributed by atoms with Crippen molar-refractivity contribution in [2.24, 2.45) is 0 Å². The van der Waals surface area contributed by atoms with Crippen LogP contribution in [0, 0.1) is 0 Å². The van der Waals surface area contributed by atoms with Crippen molar-refractivity contribution in [1.29, 1.82) is 0 Å². The maximum absolute atomic E-state index is 4.45. The number of nitrogens with zero attached hydrogens (tertiary/aromatic N) is 5. The number of hydrogen-bond acceptors (Lipinski definition) is 6. The number of rotatable bonds is 2. The van der Waals surface area contributed by atoms with Gasteiger partial charge in [-0.25, -0.2) is 15.0 Å². The Balaban J connectivity index is 1.74. The van der Waals surface area contributed by atoms with Crippen LogP contribution in [-0.4, -0.2) is 58.1 Å². The molecule has 0 spiro atoms. The van der Waals surface area contributed by atoms with Gasteiger partial charge in [0, 0.05) is 38.6 Å². The van der Waals surface area contributed by atoms with Crippen LogP contribution in [0.15, 0.2) is 24.5 Å². The Kier molecular flexibility index (Phi) is 3.04. The molecule has 2 aromatic heterocycles. The van der Waals surface area contributed by atoms with Crippen LogP contribution in [-0.2, 0) is 0 Å². The van der Waals surface area contributed by atoms with Crippen molar-refractivity contribution in [3.05, 3.63) is 24.5 Å². The lowest BCUT2D eigenvalue weighted by Gasteiger charge is -2.32. The molecule has 0 aliphatic carbocycles. The third-order valence-electron chi connectivity index (χ3n) is 3.11. The zero-order valence-corrected chi connectivity index (χ0v) is 10.4. The van der Waals surface area contributed by atoms with Crippen LogP contribution < -0.4 is 5.43 Å². The highest BCUT2D eigenvalue weighted by Crippen LogP contribution is 2.11. The number of hydrogen-bond donors (Lipinski definition) is 1. The zero-order chi connectivity index (χ0) is 12.4. The summed E-state index contributed by atoms with van der Waals surface area (Å²) in [6, 6.07) is 3.88. The highest BCUT2D eigenvalue weighted by atomic mass is 15.5. The molecule has 6 nitrogen and oxygen atoms in total. The number of likely N-dealkylation sites (N-methyl/N-ethyl adjacent to an activating group) is 1. The van der Waals surface area contributed by atoms with Crippen LogP contribution in [0.4, 0.5) is 5.82 Å². The fourth-order valence-corrected chi connectivity index (χ4v) is 2.00. The maximum Gasteiger partial charge on any atom is 0.180 e. The molecule has 1 aliphatic rings. The smallest absolute Gasteiger partial charge is 0.180 e. The first-order valence-corrected chi connectivity index (χ1v) is 6.09. The van der Waals surface area contributed by atoms with E-state index in [1.807, 2.05) is 12.1 Å². The van der Waals surface area contributed by atoms with E-state index in [1.54, 1.807) is 12.4 Å². The summed E-state index contributed by atoms with van der Waals surface area (Å²) in [5.41, 5.74) is 4.82. The Morgan fingerprint density at radius 2 is 1.83 bits per heavy atom. The predicted molar refractivity (Wildman–Crippen MR) is 70.0 cm³/mol. The second kappa shape index (κ2) is 4.83. The molecule has 0 atom stereocenters. The van der Waals surface area contributed by atoms with E-state index in [-0.39, 0.29) is 0 Å². The highest BCUT2D eigenvalue weighted by Gasteiger charge is 2.13. The van der Waals surface area contributed by atoms with Crippen LogP contribution in [0.5, 0.6) is 0 Å². The molecule has 6 heteroatoms. The Morgan fingerprint density at radius 1 is 1.06 bits per heavy atom. The molecule has 1 fully saturated rings. The van der Waals surface area contributed by atoms with Crippen molar-refractivity contribution in [2.75, 3.05) is 38.7 Å². The number of anilines is 1. The zero-order valence-electron chi connectivity index (χ0n) is 10.4. The first kappa shape index (κ1) is 11.3. The van der Waals surface area contributed by atoms with Crippen molar-refractivity contribution in [1.82, 2.24) is 24.9 Å². The maximum atomic E-state index is 4.45. The lowest BCUT2D eigenvalue weighted by Crippen LogP contribution is -2.47. The average molecular weight is 244 g/mol. The Morgan fingerprint density at radius 3 is 2.67 bits per heavy atom. The third kappa shape index (κ3) is 2.39. The van der Waals surface area contributed by atoms with Gasteiger partial charge in [-0.1, -0.05) is 0 Å². The summed E-state index contributed by atoms with van der Waals surface area (Å²) in [7, 11) is 2.14. The standard InChI is InChI=1S/C12H16N6/c1-17-6-8-18(9-7-17)16-11-3-2-10-12(15-11)14-5-4-13-10/h2-5H,6-9H2,1H3,(H,14,15,16). The molecule has 94 valence electrons. The second-order valence-electron chi connectivity index (χ2n) is 4.50. The fourth-order valence-electron chi connectivity index (χ4n) is 2.00. The van der Waals surface area contributed by atoms with E-state index in [0.717, 1.165) is 37.5 Å². The lowest BCUT2D eigenvalue weighted by molar-refractivity contribution is 0.178. The Bertz CT molecular complexity index is 535. The molecule has 1 saturated heterocycles. The van der Waals surface area contributed by atoms with E-state index in [2.05, 4.69) is 37.3 Å². The van der Waals surface area contributed by atoms with E-state index in [0.29, 0.717) is 5.65 Å². The summed E-state index contributed by atoms with van der Waals surface area (Å²) >= 11 is 0. The van der Waals surface area contributed by atoms with Crippen LogP contribution in [0.1, 0.15) is 0 Å². The molecule has 0 amide bonds. The van der Waals surface area contributed by atoms with Gasteiger partial charge < -0.3 is 10.3 Å². The first-order chi connectivity index (χ1) is 8.81. The van der Waals surface area contributed by atoms with Gasteiger partial charge in [0.05, 0.1) is 0 Å². The van der Waals surface area contributed by atoms with Gasteiger partial charge in [0.1, 0.15) is 11.3 Å². The predicted octanol–water partition coefficient (Wildman–Crippen LogP) is 0.599. The van der Waals surface area contributed by atoms with E-state index < -0.39 is 0 Å². The minimum absolute atomic E-state index is 0.677. The lowest BCUT2D eigenvalue weighted by atomic mass is 10.4. The molecular weight excluding hydrogens is 228 g/mol. The molecular formula is C12H16N6. The minimum atomic E-state index is 0.677. The van der Waals surface area contributed by atoms with E-state index in [4.69, 9.17) is 0 Å². The molecule has 1 N–H and O–H groups in total. The second-order valence-corrected chi connectivity index (χ2v) is 4.50. The largest absolute Gasteiger partial charge is 0.304 e. The first-order valence-electron chi connectivity index (χ1n) is 6.09. The van der Waals surface area contributed by atoms with Crippen LogP contribution in [0.3, 0.4) is 0 Å². The van der Waals surface area contributed by atoms with Gasteiger partial charge in [0.25, 0.3) is 0 Å². The number of pyridine rings is 1. The normalized spacial score (nSPS) is 18.1. The monoisotopic (exact) mass is 244 g/mol. The molecule has 0 saturated carbocycles. The average Bonchev–Trinajstić information content (AvgIpc) is 2.41. The van der Waals surface area contributed by atoms with Gasteiger partial charge in [0.15, 0.2) is 5.65 Å². The minimum Gasteiger partial charge on any atom is -0.304 e. The van der Waals surface area contributed by atoms with Crippen molar-refractivity contribution in [2.45, 2.75) is 0 Å². The van der Waals surface area contributed by atoms with Crippen molar-refractivity contribution in [3.63, 3.8) is 0 Å². The van der Waals surface area contributed by atoms with Crippen molar-refractivity contribution in [3.8, 4) is 0 Å². The quantitative estimate of drug-likeness (QED) is 0.835. The third-order valence-corrected chi connectivity index (χ3v) is 3.11. The van der Waals surface area contributed by atoms with Crippen LogP contribution in [0.2, 0.25) is 0 Å². The van der Waals surface area contributed by atoms with Crippen molar-refractivity contribution >= 4 is 17.0 Å². The summed E-state index contributed by atoms with van der Waals surface area (Å²) in [6.45, 7) is 4.13. The fraction of sp³-hybridized carbons (Fsp3) is 0.417. The van der Waals surface area contributed by atoms with Gasteiger partial charge in [-0.05, 0) is 19.2 Å². The number of piperazine rings is 1. The number of aromatic nitrogens is 3. The van der Waals surface area contributed by atoms with Crippen molar-refractivity contribution < 1.29 is 0 Å². The molecule has 3 heterocycles. The number of hydrazine groups is 1. The molecule has 3 rings (SSSR count). The van der Waals surface area contributed by atoms with E-state index >= 15 is 0 Å². The Labute approximate surface area is 106 Å². The number of nitrogens with one attached hydrogen (secondary N) is 1. The summed E-state index contributed by atoms with van der Waals surface area (Å²) in [6.07, 6.45) is 3.34. The Hall–Kier alpha value is -1.79. The summed E-state index contributed by atoms with van der Waals surface area (Å²) in [5.74, 6) is 0.826. The van der Waals surface area contributed by atoms with Crippen LogP contribution >= 0.6 is 0 Å². The van der Waals surface area contributed by atoms with Gasteiger partial charge in [-0.15, -0.1) is 0 Å². The molecule has 0 bridgehead atoms. The topological polar surface area (TPSA) is 57.2 Å². The molecule has 0 unspecified atom stereocenters. The number of fused-ring (bicyclic) bond motifs is 1. The van der Waals surface area contributed by atoms with E-state index in [1.165, 1.54) is 0 Å². The van der Waals surface area contributed by atoms with E-state index in [9.17, 15) is 0 Å². The molecule has 0 aromatic carbocycles. The summed E-state index contributed by atoms with van der Waals surface area (Å²) < 4.78 is 0. The summed E-state index contributed by atoms with van der Waals surface area (Å²) in [5, 5.41) is 2.19. The molecule has 1 aliphatic heterocycles. The van der Waals surface area contributed by atoms with Gasteiger partial charge in [-0.3, -0.25) is 4.98 Å². The van der Waals surface area contributed by atoms with Gasteiger partial charge in [-0.2, -0.15) is 0 Å². The molecule has 2 aromatic rings. The van der Waals surface area contributed by atoms with Crippen LogP contribution in [0.25, 0.3) is 11.2 Å². The SMILES string of the molecule is CN1CCN(Nc2ccc3nccnc3n2)CC1.